The van der Waals surface area contributed by atoms with Gasteiger partial charge in [-0.1, -0.05) is 0 Å². The quantitative estimate of drug-likeness (QED) is 0.912. The number of nitrogens with zero attached hydrogens (tertiary/aromatic N) is 3. The predicted octanol–water partition coefficient (Wildman–Crippen LogP) is 2.03. The summed E-state index contributed by atoms with van der Waals surface area (Å²) in [5, 5.41) is 11.3. The minimum Gasteiger partial charge on any atom is -0.490 e. The van der Waals surface area contributed by atoms with Crippen LogP contribution in [0.2, 0.25) is 0 Å². The fourth-order valence-corrected chi connectivity index (χ4v) is 2.78. The zero-order chi connectivity index (χ0) is 14.7. The van der Waals surface area contributed by atoms with Crippen molar-refractivity contribution in [3.8, 4) is 11.5 Å². The molecule has 112 valence electrons. The van der Waals surface area contributed by atoms with Gasteiger partial charge >= 0.3 is 0 Å². The lowest BCUT2D eigenvalue weighted by atomic mass is 10.2. The number of benzene rings is 1. The first-order valence-electron chi connectivity index (χ1n) is 6.85. The van der Waals surface area contributed by atoms with Crippen molar-refractivity contribution in [2.75, 3.05) is 13.2 Å². The Hall–Kier alpha value is -1.60. The standard InChI is InChI=1S/C14H17BrN4O2/c1-19-9-17-18-13(19)8-16-7-10-5-11(15)14-12(6-10)20-3-2-4-21-14/h5-6,9,16H,2-4,7-8H2,1H3. The predicted molar refractivity (Wildman–Crippen MR) is 81.3 cm³/mol. The van der Waals surface area contributed by atoms with Gasteiger partial charge in [-0.2, -0.15) is 0 Å². The molecular formula is C14H17BrN4O2. The molecule has 3 rings (SSSR count). The fraction of sp³-hybridized carbons (Fsp3) is 0.429. The smallest absolute Gasteiger partial charge is 0.175 e. The molecule has 2 aromatic rings. The summed E-state index contributed by atoms with van der Waals surface area (Å²) in [7, 11) is 1.93. The molecule has 0 atom stereocenters. The average molecular weight is 353 g/mol. The van der Waals surface area contributed by atoms with Crippen molar-refractivity contribution < 1.29 is 9.47 Å². The summed E-state index contributed by atoms with van der Waals surface area (Å²) >= 11 is 3.55. The molecule has 0 saturated carbocycles. The maximum absolute atomic E-state index is 5.73. The molecule has 0 aliphatic carbocycles. The van der Waals surface area contributed by atoms with Gasteiger partial charge in [0.2, 0.25) is 0 Å². The van der Waals surface area contributed by atoms with Crippen LogP contribution in [0.5, 0.6) is 11.5 Å². The van der Waals surface area contributed by atoms with Gasteiger partial charge in [-0.05, 0) is 33.6 Å². The lowest BCUT2D eigenvalue weighted by molar-refractivity contribution is 0.296. The van der Waals surface area contributed by atoms with E-state index >= 15 is 0 Å². The van der Waals surface area contributed by atoms with Gasteiger partial charge in [0.15, 0.2) is 11.5 Å². The zero-order valence-corrected chi connectivity index (χ0v) is 13.4. The van der Waals surface area contributed by atoms with Gasteiger partial charge < -0.3 is 19.4 Å². The number of nitrogens with one attached hydrogen (secondary N) is 1. The van der Waals surface area contributed by atoms with Crippen LogP contribution in [0.4, 0.5) is 0 Å². The number of ether oxygens (including phenoxy) is 2. The van der Waals surface area contributed by atoms with E-state index in [0.29, 0.717) is 19.8 Å². The molecule has 1 aliphatic rings. The van der Waals surface area contributed by atoms with Crippen LogP contribution in [0.25, 0.3) is 0 Å². The summed E-state index contributed by atoms with van der Waals surface area (Å²) in [5.74, 6) is 2.50. The maximum atomic E-state index is 5.73. The Morgan fingerprint density at radius 2 is 2.14 bits per heavy atom. The summed E-state index contributed by atoms with van der Waals surface area (Å²) < 4.78 is 14.3. The number of halogens is 1. The van der Waals surface area contributed by atoms with Crippen LogP contribution in [0, 0.1) is 0 Å². The number of fused-ring (bicyclic) bond motifs is 1. The summed E-state index contributed by atoms with van der Waals surface area (Å²) in [6.45, 7) is 2.77. The highest BCUT2D eigenvalue weighted by Crippen LogP contribution is 2.38. The highest BCUT2D eigenvalue weighted by Gasteiger charge is 2.15. The number of aromatic nitrogens is 3. The van der Waals surface area contributed by atoms with Crippen LogP contribution in [0.3, 0.4) is 0 Å². The highest BCUT2D eigenvalue weighted by atomic mass is 79.9. The van der Waals surface area contributed by atoms with Crippen LogP contribution in [-0.4, -0.2) is 28.0 Å². The Kier molecular flexibility index (Phi) is 4.40. The Labute approximate surface area is 131 Å². The number of rotatable bonds is 4. The van der Waals surface area contributed by atoms with E-state index < -0.39 is 0 Å². The number of hydrogen-bond acceptors (Lipinski definition) is 5. The minimum absolute atomic E-state index is 0.669. The molecule has 1 aliphatic heterocycles. The third-order valence-electron chi connectivity index (χ3n) is 3.28. The fourth-order valence-electron chi connectivity index (χ4n) is 2.17. The van der Waals surface area contributed by atoms with Gasteiger partial charge in [0, 0.05) is 20.0 Å². The van der Waals surface area contributed by atoms with Crippen molar-refractivity contribution in [1.82, 2.24) is 20.1 Å². The van der Waals surface area contributed by atoms with Crippen LogP contribution in [-0.2, 0) is 20.1 Å². The van der Waals surface area contributed by atoms with E-state index in [1.54, 1.807) is 6.33 Å². The van der Waals surface area contributed by atoms with Crippen LogP contribution < -0.4 is 14.8 Å². The molecular weight excluding hydrogens is 336 g/mol. The van der Waals surface area contributed by atoms with E-state index in [-0.39, 0.29) is 0 Å². The molecule has 0 bridgehead atoms. The van der Waals surface area contributed by atoms with Crippen molar-refractivity contribution in [3.05, 3.63) is 34.3 Å². The first-order chi connectivity index (χ1) is 10.2. The van der Waals surface area contributed by atoms with E-state index in [1.807, 2.05) is 17.7 Å². The van der Waals surface area contributed by atoms with Gasteiger partial charge in [0.05, 0.1) is 24.2 Å². The molecule has 1 aromatic heterocycles. The lowest BCUT2D eigenvalue weighted by Crippen LogP contribution is -2.15. The molecule has 21 heavy (non-hydrogen) atoms. The van der Waals surface area contributed by atoms with Crippen LogP contribution in [0.1, 0.15) is 17.8 Å². The second-order valence-corrected chi connectivity index (χ2v) is 5.77. The van der Waals surface area contributed by atoms with E-state index in [9.17, 15) is 0 Å². The molecule has 7 heteroatoms. The summed E-state index contributed by atoms with van der Waals surface area (Å²) in [6, 6.07) is 4.08. The van der Waals surface area contributed by atoms with Gasteiger partial charge in [-0.3, -0.25) is 0 Å². The van der Waals surface area contributed by atoms with Crippen molar-refractivity contribution >= 4 is 15.9 Å². The topological polar surface area (TPSA) is 61.2 Å². The van der Waals surface area contributed by atoms with Crippen molar-refractivity contribution in [1.29, 1.82) is 0 Å². The van der Waals surface area contributed by atoms with Crippen LogP contribution in [0.15, 0.2) is 22.9 Å². The number of hydrogen-bond donors (Lipinski definition) is 1. The zero-order valence-electron chi connectivity index (χ0n) is 11.8. The second kappa shape index (κ2) is 6.44. The largest absolute Gasteiger partial charge is 0.490 e. The lowest BCUT2D eigenvalue weighted by Gasteiger charge is -2.12. The Morgan fingerprint density at radius 1 is 1.29 bits per heavy atom. The monoisotopic (exact) mass is 352 g/mol. The normalized spacial score (nSPS) is 14.0. The summed E-state index contributed by atoms with van der Waals surface area (Å²) in [6.07, 6.45) is 2.60. The third-order valence-corrected chi connectivity index (χ3v) is 3.87. The first-order valence-corrected chi connectivity index (χ1v) is 7.65. The first kappa shape index (κ1) is 14.3. The van der Waals surface area contributed by atoms with Gasteiger partial charge in [-0.15, -0.1) is 10.2 Å². The Balaban J connectivity index is 1.67. The molecule has 0 fully saturated rings. The summed E-state index contributed by atoms with van der Waals surface area (Å²) in [4.78, 5) is 0. The Bertz CT molecular complexity index is 629. The van der Waals surface area contributed by atoms with Gasteiger partial charge in [-0.25, -0.2) is 0 Å². The molecule has 0 radical (unpaired) electrons. The van der Waals surface area contributed by atoms with Gasteiger partial charge in [0.1, 0.15) is 12.2 Å². The Morgan fingerprint density at radius 3 is 2.95 bits per heavy atom. The van der Waals surface area contributed by atoms with E-state index in [2.05, 4.69) is 37.5 Å². The third kappa shape index (κ3) is 3.36. The molecule has 0 spiro atoms. The van der Waals surface area contributed by atoms with Crippen molar-refractivity contribution in [3.63, 3.8) is 0 Å². The molecule has 0 amide bonds. The number of aryl methyl sites for hydroxylation is 1. The maximum Gasteiger partial charge on any atom is 0.175 e. The van der Waals surface area contributed by atoms with Crippen molar-refractivity contribution in [2.24, 2.45) is 7.05 Å². The molecule has 0 unspecified atom stereocenters. The second-order valence-electron chi connectivity index (χ2n) is 4.92. The molecule has 1 aromatic carbocycles. The van der Waals surface area contributed by atoms with E-state index in [4.69, 9.17) is 9.47 Å². The van der Waals surface area contributed by atoms with E-state index in [0.717, 1.165) is 40.3 Å². The molecule has 0 saturated heterocycles. The molecule has 1 N–H and O–H groups in total. The van der Waals surface area contributed by atoms with Gasteiger partial charge in [0.25, 0.3) is 0 Å². The SMILES string of the molecule is Cn1cnnc1CNCc1cc(Br)c2c(c1)OCCCO2. The van der Waals surface area contributed by atoms with Crippen LogP contribution >= 0.6 is 15.9 Å². The van der Waals surface area contributed by atoms with E-state index in [1.165, 1.54) is 0 Å². The molecule has 6 nitrogen and oxygen atoms in total. The summed E-state index contributed by atoms with van der Waals surface area (Å²) in [5.41, 5.74) is 1.13. The highest BCUT2D eigenvalue weighted by molar-refractivity contribution is 9.10. The average Bonchev–Trinajstić information content (AvgIpc) is 2.73. The molecule has 2 heterocycles. The minimum atomic E-state index is 0.669. The van der Waals surface area contributed by atoms with Crippen molar-refractivity contribution in [2.45, 2.75) is 19.5 Å².